The average molecular weight is 489 g/mol. The molecule has 0 fully saturated rings. The summed E-state index contributed by atoms with van der Waals surface area (Å²) in [6, 6.07) is 5.57. The molecule has 0 spiro atoms. The zero-order chi connectivity index (χ0) is 25.9. The van der Waals surface area contributed by atoms with E-state index in [0.717, 1.165) is 38.2 Å². The molecule has 2 N–H and O–H groups in total. The molecule has 1 rings (SSSR count). The van der Waals surface area contributed by atoms with E-state index < -0.39 is 0 Å². The molecule has 0 bridgehead atoms. The summed E-state index contributed by atoms with van der Waals surface area (Å²) in [4.78, 5) is 29.5. The quantitative estimate of drug-likeness (QED) is 0.207. The van der Waals surface area contributed by atoms with Gasteiger partial charge in [-0.2, -0.15) is 0 Å². The fraction of sp³-hybridized carbons (Fsp3) is 0.724. The number of amides is 2. The van der Waals surface area contributed by atoms with Crippen LogP contribution in [0.25, 0.3) is 0 Å². The molecule has 0 saturated carbocycles. The minimum absolute atomic E-state index is 0.0198. The predicted molar refractivity (Wildman–Crippen MR) is 151 cm³/mol. The number of benzene rings is 1. The number of nitrogens with one attached hydrogen (secondary N) is 2. The van der Waals surface area contributed by atoms with Crippen molar-refractivity contribution in [1.29, 1.82) is 0 Å². The Kier molecular flexibility index (Phi) is 16.9. The molecule has 0 aliphatic heterocycles. The second-order valence-corrected chi connectivity index (χ2v) is 9.74. The smallest absolute Gasteiger partial charge is 0.253 e. The Hall–Kier alpha value is -2.08. The maximum atomic E-state index is 12.9. The standard InChI is InChI=1S/C29H52N4O2/c1-6-9-10-11-12-13-14-15-16-17-18-19-28(34)31-25-20-21-27(32(4)5)26(24-25)29(35)30-22-23-33(7-2)8-3/h20-21,24H,6-19,22-23H2,1-5H3,(H,30,35)(H,31,34). The fourth-order valence-corrected chi connectivity index (χ4v) is 4.32. The third kappa shape index (κ3) is 13.6. The van der Waals surface area contributed by atoms with Crippen LogP contribution in [0.5, 0.6) is 0 Å². The van der Waals surface area contributed by atoms with Crippen LogP contribution in [0.15, 0.2) is 18.2 Å². The Morgan fingerprint density at radius 1 is 0.800 bits per heavy atom. The lowest BCUT2D eigenvalue weighted by Crippen LogP contribution is -2.35. The third-order valence-corrected chi connectivity index (χ3v) is 6.62. The van der Waals surface area contributed by atoms with Crippen molar-refractivity contribution >= 4 is 23.2 Å². The zero-order valence-corrected chi connectivity index (χ0v) is 23.3. The van der Waals surface area contributed by atoms with Gasteiger partial charge in [-0.25, -0.2) is 0 Å². The van der Waals surface area contributed by atoms with Crippen LogP contribution in [0, 0.1) is 0 Å². The van der Waals surface area contributed by atoms with E-state index in [2.05, 4.69) is 36.3 Å². The van der Waals surface area contributed by atoms with Crippen molar-refractivity contribution in [2.24, 2.45) is 0 Å². The van der Waals surface area contributed by atoms with E-state index >= 15 is 0 Å². The van der Waals surface area contributed by atoms with Gasteiger partial charge in [-0.3, -0.25) is 9.59 Å². The molecule has 0 radical (unpaired) electrons. The molecule has 0 aliphatic carbocycles. The Morgan fingerprint density at radius 3 is 1.91 bits per heavy atom. The van der Waals surface area contributed by atoms with Gasteiger partial charge >= 0.3 is 0 Å². The number of carbonyl (C=O) groups is 2. The molecule has 6 heteroatoms. The Bertz CT molecular complexity index is 717. The Balaban J connectivity index is 2.41. The Morgan fingerprint density at radius 2 is 1.37 bits per heavy atom. The highest BCUT2D eigenvalue weighted by Gasteiger charge is 2.15. The molecule has 6 nitrogen and oxygen atoms in total. The molecular formula is C29H52N4O2. The van der Waals surface area contributed by atoms with Crippen LogP contribution in [-0.4, -0.2) is 57.0 Å². The van der Waals surface area contributed by atoms with Gasteiger partial charge in [0.15, 0.2) is 0 Å². The third-order valence-electron chi connectivity index (χ3n) is 6.62. The monoisotopic (exact) mass is 488 g/mol. The van der Waals surface area contributed by atoms with Crippen molar-refractivity contribution in [2.75, 3.05) is 50.5 Å². The molecule has 1 aromatic carbocycles. The molecular weight excluding hydrogens is 436 g/mol. The number of hydrogen-bond acceptors (Lipinski definition) is 4. The largest absolute Gasteiger partial charge is 0.377 e. The summed E-state index contributed by atoms with van der Waals surface area (Å²) < 4.78 is 0. The minimum Gasteiger partial charge on any atom is -0.377 e. The van der Waals surface area contributed by atoms with E-state index in [9.17, 15) is 9.59 Å². The molecule has 200 valence electrons. The van der Waals surface area contributed by atoms with Crippen molar-refractivity contribution in [3.63, 3.8) is 0 Å². The van der Waals surface area contributed by atoms with Crippen LogP contribution >= 0.6 is 0 Å². The van der Waals surface area contributed by atoms with E-state index in [1.165, 1.54) is 57.8 Å². The van der Waals surface area contributed by atoms with Gasteiger partial charge in [-0.05, 0) is 37.7 Å². The van der Waals surface area contributed by atoms with Gasteiger partial charge in [-0.1, -0.05) is 85.0 Å². The molecule has 0 heterocycles. The molecule has 2 amide bonds. The Labute approximate surface area is 215 Å². The van der Waals surface area contributed by atoms with Gasteiger partial charge in [-0.15, -0.1) is 0 Å². The maximum Gasteiger partial charge on any atom is 0.253 e. The summed E-state index contributed by atoms with van der Waals surface area (Å²) in [5.41, 5.74) is 2.10. The predicted octanol–water partition coefficient (Wildman–Crippen LogP) is 6.46. The highest BCUT2D eigenvalue weighted by Crippen LogP contribution is 2.23. The van der Waals surface area contributed by atoms with Crippen molar-refractivity contribution in [3.8, 4) is 0 Å². The van der Waals surface area contributed by atoms with Crippen LogP contribution in [-0.2, 0) is 4.79 Å². The van der Waals surface area contributed by atoms with E-state index in [-0.39, 0.29) is 11.8 Å². The summed E-state index contributed by atoms with van der Waals surface area (Å²) in [7, 11) is 3.85. The van der Waals surface area contributed by atoms with Crippen LogP contribution in [0.2, 0.25) is 0 Å². The second kappa shape index (κ2) is 19.1. The van der Waals surface area contributed by atoms with Gasteiger partial charge < -0.3 is 20.4 Å². The summed E-state index contributed by atoms with van der Waals surface area (Å²) in [5, 5.41) is 6.01. The molecule has 0 aliphatic rings. The molecule has 0 unspecified atom stereocenters. The first kappa shape index (κ1) is 31.0. The topological polar surface area (TPSA) is 64.7 Å². The normalized spacial score (nSPS) is 11.0. The lowest BCUT2D eigenvalue weighted by molar-refractivity contribution is -0.116. The molecule has 35 heavy (non-hydrogen) atoms. The number of likely N-dealkylation sites (N-methyl/N-ethyl adjacent to an activating group) is 1. The maximum absolute atomic E-state index is 12.9. The zero-order valence-electron chi connectivity index (χ0n) is 23.3. The van der Waals surface area contributed by atoms with E-state index in [0.29, 0.717) is 24.2 Å². The summed E-state index contributed by atoms with van der Waals surface area (Å²) in [5.74, 6) is -0.0891. The average Bonchev–Trinajstić information content (AvgIpc) is 2.84. The molecule has 0 aromatic heterocycles. The van der Waals surface area contributed by atoms with Crippen molar-refractivity contribution < 1.29 is 9.59 Å². The van der Waals surface area contributed by atoms with E-state index in [1.807, 2.05) is 31.1 Å². The van der Waals surface area contributed by atoms with E-state index in [1.54, 1.807) is 6.07 Å². The highest BCUT2D eigenvalue weighted by atomic mass is 16.2. The summed E-state index contributed by atoms with van der Waals surface area (Å²) in [6.45, 7) is 9.86. The fourth-order valence-electron chi connectivity index (χ4n) is 4.32. The number of anilines is 2. The lowest BCUT2D eigenvalue weighted by atomic mass is 10.1. The minimum atomic E-state index is -0.109. The SMILES string of the molecule is CCCCCCCCCCCCCC(=O)Nc1ccc(N(C)C)c(C(=O)NCCN(CC)CC)c1. The highest BCUT2D eigenvalue weighted by molar-refractivity contribution is 6.02. The second-order valence-electron chi connectivity index (χ2n) is 9.74. The summed E-state index contributed by atoms with van der Waals surface area (Å²) in [6.07, 6.45) is 14.5. The first-order valence-corrected chi connectivity index (χ1v) is 14.0. The molecule has 0 saturated heterocycles. The van der Waals surface area contributed by atoms with E-state index in [4.69, 9.17) is 0 Å². The number of rotatable bonds is 20. The number of nitrogens with zero attached hydrogens (tertiary/aromatic N) is 2. The number of unbranched alkanes of at least 4 members (excludes halogenated alkanes) is 10. The van der Waals surface area contributed by atoms with Crippen LogP contribution < -0.4 is 15.5 Å². The van der Waals surface area contributed by atoms with Crippen molar-refractivity contribution in [3.05, 3.63) is 23.8 Å². The van der Waals surface area contributed by atoms with Crippen LogP contribution in [0.1, 0.15) is 108 Å². The van der Waals surface area contributed by atoms with Crippen LogP contribution in [0.4, 0.5) is 11.4 Å². The number of carbonyl (C=O) groups excluding carboxylic acids is 2. The summed E-state index contributed by atoms with van der Waals surface area (Å²) >= 11 is 0. The lowest BCUT2D eigenvalue weighted by Gasteiger charge is -2.20. The van der Waals surface area contributed by atoms with Gasteiger partial charge in [0.25, 0.3) is 5.91 Å². The first-order chi connectivity index (χ1) is 16.9. The first-order valence-electron chi connectivity index (χ1n) is 14.0. The van der Waals surface area contributed by atoms with Gasteiger partial charge in [0.05, 0.1) is 5.56 Å². The molecule has 0 atom stereocenters. The van der Waals surface area contributed by atoms with Crippen molar-refractivity contribution in [2.45, 2.75) is 97.8 Å². The van der Waals surface area contributed by atoms with Gasteiger partial charge in [0, 0.05) is 45.0 Å². The van der Waals surface area contributed by atoms with Crippen LogP contribution in [0.3, 0.4) is 0 Å². The number of hydrogen-bond donors (Lipinski definition) is 2. The molecule has 1 aromatic rings. The van der Waals surface area contributed by atoms with Gasteiger partial charge in [0.1, 0.15) is 0 Å². The van der Waals surface area contributed by atoms with Crippen molar-refractivity contribution in [1.82, 2.24) is 10.2 Å². The van der Waals surface area contributed by atoms with Gasteiger partial charge in [0.2, 0.25) is 5.91 Å².